The summed E-state index contributed by atoms with van der Waals surface area (Å²) in [6.45, 7) is 6.50. The Labute approximate surface area is 100 Å². The molecule has 0 amide bonds. The predicted octanol–water partition coefficient (Wildman–Crippen LogP) is 3.21. The Morgan fingerprint density at radius 1 is 1.60 bits per heavy atom. The number of nitrogens with one attached hydrogen (secondary N) is 1. The van der Waals surface area contributed by atoms with Crippen molar-refractivity contribution in [3.63, 3.8) is 0 Å². The highest BCUT2D eigenvalue weighted by Gasteiger charge is 2.18. The fourth-order valence-corrected chi connectivity index (χ4v) is 2.25. The quantitative estimate of drug-likeness (QED) is 0.838. The molecule has 0 saturated heterocycles. The van der Waals surface area contributed by atoms with Crippen molar-refractivity contribution in [3.8, 4) is 0 Å². The molecule has 2 nitrogen and oxygen atoms in total. The maximum atomic E-state index is 9.84. The van der Waals surface area contributed by atoms with Gasteiger partial charge in [0.05, 0.1) is 9.94 Å². The lowest BCUT2D eigenvalue weighted by molar-refractivity contribution is 0.0535. The van der Waals surface area contributed by atoms with Crippen LogP contribution in [0, 0.1) is 0 Å². The molecule has 0 aliphatic carbocycles. The average Bonchev–Trinajstić information content (AvgIpc) is 2.61. The van der Waals surface area contributed by atoms with Gasteiger partial charge in [-0.2, -0.15) is 0 Å². The zero-order valence-electron chi connectivity index (χ0n) is 9.38. The largest absolute Gasteiger partial charge is 0.389 e. The summed E-state index contributed by atoms with van der Waals surface area (Å²) >= 11 is 7.44. The lowest BCUT2D eigenvalue weighted by atomic mass is 10.0. The Balaban J connectivity index is 2.46. The molecule has 86 valence electrons. The van der Waals surface area contributed by atoms with E-state index in [0.29, 0.717) is 6.54 Å². The number of hydrogen-bond acceptors (Lipinski definition) is 3. The normalized spacial score (nSPS) is 17.4. The minimum Gasteiger partial charge on any atom is -0.389 e. The van der Waals surface area contributed by atoms with Gasteiger partial charge in [-0.3, -0.25) is 0 Å². The number of rotatable bonds is 5. The third-order valence-electron chi connectivity index (χ3n) is 2.57. The second-order valence-electron chi connectivity index (χ2n) is 4.09. The Morgan fingerprint density at radius 2 is 2.27 bits per heavy atom. The van der Waals surface area contributed by atoms with Gasteiger partial charge in [0.25, 0.3) is 0 Å². The Kier molecular flexibility index (Phi) is 4.59. The van der Waals surface area contributed by atoms with Gasteiger partial charge in [-0.15, -0.1) is 11.3 Å². The maximum Gasteiger partial charge on any atom is 0.0931 e. The van der Waals surface area contributed by atoms with Crippen LogP contribution in [0.3, 0.4) is 0 Å². The first kappa shape index (κ1) is 13.0. The van der Waals surface area contributed by atoms with Crippen LogP contribution in [0.4, 0.5) is 0 Å². The van der Waals surface area contributed by atoms with E-state index >= 15 is 0 Å². The first-order valence-electron chi connectivity index (χ1n) is 5.15. The summed E-state index contributed by atoms with van der Waals surface area (Å²) in [5.74, 6) is 0. The van der Waals surface area contributed by atoms with Crippen molar-refractivity contribution in [1.82, 2.24) is 5.32 Å². The van der Waals surface area contributed by atoms with Gasteiger partial charge in [-0.05, 0) is 32.4 Å². The van der Waals surface area contributed by atoms with Gasteiger partial charge < -0.3 is 10.4 Å². The van der Waals surface area contributed by atoms with E-state index in [1.807, 2.05) is 26.0 Å². The highest BCUT2D eigenvalue weighted by atomic mass is 35.5. The molecule has 0 aromatic carbocycles. The van der Waals surface area contributed by atoms with Crippen molar-refractivity contribution in [3.05, 3.63) is 21.3 Å². The summed E-state index contributed by atoms with van der Waals surface area (Å²) in [5, 5.41) is 13.1. The second-order valence-corrected chi connectivity index (χ2v) is 5.84. The van der Waals surface area contributed by atoms with Crippen LogP contribution in [0.1, 0.15) is 38.1 Å². The number of halogens is 1. The summed E-state index contributed by atoms with van der Waals surface area (Å²) in [5.41, 5.74) is -0.630. The van der Waals surface area contributed by atoms with E-state index in [1.165, 1.54) is 4.88 Å². The van der Waals surface area contributed by atoms with E-state index < -0.39 is 5.60 Å². The van der Waals surface area contributed by atoms with Gasteiger partial charge in [0, 0.05) is 17.5 Å². The van der Waals surface area contributed by atoms with Crippen molar-refractivity contribution < 1.29 is 5.11 Å². The molecule has 2 N–H and O–H groups in total. The third kappa shape index (κ3) is 4.11. The van der Waals surface area contributed by atoms with Crippen LogP contribution >= 0.6 is 22.9 Å². The molecular formula is C11H18ClNOS. The zero-order valence-corrected chi connectivity index (χ0v) is 11.0. The molecule has 1 aromatic rings. The molecule has 4 heteroatoms. The van der Waals surface area contributed by atoms with E-state index in [9.17, 15) is 5.11 Å². The van der Waals surface area contributed by atoms with Gasteiger partial charge in [-0.25, -0.2) is 0 Å². The summed E-state index contributed by atoms with van der Waals surface area (Å²) in [7, 11) is 0. The Hall–Kier alpha value is -0.0900. The highest BCUT2D eigenvalue weighted by Crippen LogP contribution is 2.26. The van der Waals surface area contributed by atoms with Crippen molar-refractivity contribution in [2.45, 2.75) is 38.8 Å². The monoisotopic (exact) mass is 247 g/mol. The zero-order chi connectivity index (χ0) is 11.5. The van der Waals surface area contributed by atoms with Crippen LogP contribution in [0.2, 0.25) is 4.34 Å². The molecule has 0 aliphatic rings. The fourth-order valence-electron chi connectivity index (χ4n) is 1.16. The third-order valence-corrected chi connectivity index (χ3v) is 3.99. The van der Waals surface area contributed by atoms with Crippen LogP contribution in [0.25, 0.3) is 0 Å². The predicted molar refractivity (Wildman–Crippen MR) is 66.7 cm³/mol. The molecular weight excluding hydrogens is 230 g/mol. The summed E-state index contributed by atoms with van der Waals surface area (Å²) in [6, 6.07) is 4.16. The molecule has 0 spiro atoms. The SMILES string of the molecule is CCC(C)(O)CNC(C)c1ccc(Cl)s1. The van der Waals surface area contributed by atoms with Gasteiger partial charge in [-0.1, -0.05) is 18.5 Å². The lowest BCUT2D eigenvalue weighted by Crippen LogP contribution is -2.38. The standard InChI is InChI=1S/C11H18ClNOS/c1-4-11(3,14)7-13-8(2)9-5-6-10(12)15-9/h5-6,8,13-14H,4,7H2,1-3H3. The minimum atomic E-state index is -0.630. The molecule has 2 atom stereocenters. The molecule has 1 aromatic heterocycles. The van der Waals surface area contributed by atoms with Gasteiger partial charge in [0.1, 0.15) is 0 Å². The molecule has 2 unspecified atom stereocenters. The summed E-state index contributed by atoms with van der Waals surface area (Å²) < 4.78 is 0.806. The molecule has 1 rings (SSSR count). The minimum absolute atomic E-state index is 0.237. The number of hydrogen-bond donors (Lipinski definition) is 2. The summed E-state index contributed by atoms with van der Waals surface area (Å²) in [6.07, 6.45) is 0.748. The van der Waals surface area contributed by atoms with Crippen LogP contribution in [-0.4, -0.2) is 17.3 Å². The topological polar surface area (TPSA) is 32.3 Å². The first-order chi connectivity index (χ1) is 6.94. The Bertz CT molecular complexity index is 311. The maximum absolute atomic E-state index is 9.84. The molecule has 0 bridgehead atoms. The van der Waals surface area contributed by atoms with Crippen LogP contribution in [0.5, 0.6) is 0 Å². The molecule has 0 radical (unpaired) electrons. The van der Waals surface area contributed by atoms with E-state index in [4.69, 9.17) is 11.6 Å². The molecule has 0 aliphatic heterocycles. The van der Waals surface area contributed by atoms with Crippen LogP contribution < -0.4 is 5.32 Å². The number of aliphatic hydroxyl groups is 1. The van der Waals surface area contributed by atoms with Crippen molar-refractivity contribution in [2.75, 3.05) is 6.54 Å². The van der Waals surface area contributed by atoms with E-state index in [2.05, 4.69) is 12.2 Å². The van der Waals surface area contributed by atoms with Crippen molar-refractivity contribution in [2.24, 2.45) is 0 Å². The first-order valence-corrected chi connectivity index (χ1v) is 6.35. The molecule has 1 heterocycles. The van der Waals surface area contributed by atoms with Crippen molar-refractivity contribution >= 4 is 22.9 Å². The Morgan fingerprint density at radius 3 is 2.73 bits per heavy atom. The van der Waals surface area contributed by atoms with Crippen LogP contribution in [0.15, 0.2) is 12.1 Å². The van der Waals surface area contributed by atoms with E-state index in [0.717, 1.165) is 10.8 Å². The lowest BCUT2D eigenvalue weighted by Gasteiger charge is -2.24. The summed E-state index contributed by atoms with van der Waals surface area (Å²) in [4.78, 5) is 1.20. The molecule has 0 fully saturated rings. The van der Waals surface area contributed by atoms with Gasteiger partial charge in [0.2, 0.25) is 0 Å². The fraction of sp³-hybridized carbons (Fsp3) is 0.636. The smallest absolute Gasteiger partial charge is 0.0931 e. The second kappa shape index (κ2) is 5.30. The highest BCUT2D eigenvalue weighted by molar-refractivity contribution is 7.16. The van der Waals surface area contributed by atoms with Gasteiger partial charge in [0.15, 0.2) is 0 Å². The number of thiophene rings is 1. The van der Waals surface area contributed by atoms with E-state index in [1.54, 1.807) is 11.3 Å². The van der Waals surface area contributed by atoms with Crippen molar-refractivity contribution in [1.29, 1.82) is 0 Å². The van der Waals surface area contributed by atoms with E-state index in [-0.39, 0.29) is 6.04 Å². The molecule has 0 saturated carbocycles. The molecule has 15 heavy (non-hydrogen) atoms. The van der Waals surface area contributed by atoms with Crippen LogP contribution in [-0.2, 0) is 0 Å². The average molecular weight is 248 g/mol. The van der Waals surface area contributed by atoms with Gasteiger partial charge >= 0.3 is 0 Å².